The third-order valence-corrected chi connectivity index (χ3v) is 6.04. The predicted molar refractivity (Wildman–Crippen MR) is 87.6 cm³/mol. The topological polar surface area (TPSA) is 89.3 Å². The van der Waals surface area contributed by atoms with Crippen LogP contribution in [0, 0.1) is 10.1 Å². The summed E-state index contributed by atoms with van der Waals surface area (Å²) in [5.74, 6) is 0. The SMILES string of the molecule is CC(Nc1sc(S(C)(=O)=O)cc1[N+](=O)[O-])c1cccc(Cl)c1. The van der Waals surface area contributed by atoms with E-state index in [4.69, 9.17) is 11.6 Å². The molecule has 0 aliphatic carbocycles. The highest BCUT2D eigenvalue weighted by Gasteiger charge is 2.24. The summed E-state index contributed by atoms with van der Waals surface area (Å²) < 4.78 is 23.1. The molecule has 0 spiro atoms. The molecule has 9 heteroatoms. The molecule has 0 fully saturated rings. The van der Waals surface area contributed by atoms with Gasteiger partial charge >= 0.3 is 5.69 Å². The highest BCUT2D eigenvalue weighted by Crippen LogP contribution is 2.39. The molecule has 1 heterocycles. The number of anilines is 1. The fourth-order valence-corrected chi connectivity index (χ4v) is 4.06. The molecule has 6 nitrogen and oxygen atoms in total. The summed E-state index contributed by atoms with van der Waals surface area (Å²) in [4.78, 5) is 10.5. The van der Waals surface area contributed by atoms with Gasteiger partial charge in [-0.15, -0.1) is 0 Å². The van der Waals surface area contributed by atoms with E-state index in [0.717, 1.165) is 29.2 Å². The maximum absolute atomic E-state index is 11.6. The predicted octanol–water partition coefficient (Wildman–Crippen LogP) is 3.89. The molecule has 1 unspecified atom stereocenters. The number of sulfone groups is 1. The lowest BCUT2D eigenvalue weighted by Crippen LogP contribution is -2.06. The Balaban J connectivity index is 2.36. The molecule has 0 aliphatic heterocycles. The molecule has 1 aromatic heterocycles. The highest BCUT2D eigenvalue weighted by molar-refractivity contribution is 7.92. The van der Waals surface area contributed by atoms with Gasteiger partial charge in [-0.1, -0.05) is 35.1 Å². The van der Waals surface area contributed by atoms with Crippen molar-refractivity contribution in [3.8, 4) is 0 Å². The summed E-state index contributed by atoms with van der Waals surface area (Å²) in [5, 5.41) is 14.8. The van der Waals surface area contributed by atoms with Gasteiger partial charge in [-0.05, 0) is 24.6 Å². The first kappa shape index (κ1) is 16.7. The number of nitrogens with zero attached hydrogens (tertiary/aromatic N) is 1. The number of thiophene rings is 1. The first-order chi connectivity index (χ1) is 10.2. The minimum Gasteiger partial charge on any atom is -0.365 e. The van der Waals surface area contributed by atoms with Gasteiger partial charge in [0.2, 0.25) is 0 Å². The van der Waals surface area contributed by atoms with Gasteiger partial charge in [-0.2, -0.15) is 0 Å². The molecule has 22 heavy (non-hydrogen) atoms. The summed E-state index contributed by atoms with van der Waals surface area (Å²) in [6.07, 6.45) is 1.02. The Morgan fingerprint density at radius 3 is 2.59 bits per heavy atom. The van der Waals surface area contributed by atoms with Crippen LogP contribution in [0.5, 0.6) is 0 Å². The average Bonchev–Trinajstić information content (AvgIpc) is 2.82. The lowest BCUT2D eigenvalue weighted by Gasteiger charge is -2.14. The standard InChI is InChI=1S/C13H13ClN2O4S2/c1-8(9-4-3-5-10(14)6-9)15-13-11(16(17)18)7-12(21-13)22(2,19)20/h3-8,15H,1-2H3. The molecular weight excluding hydrogens is 348 g/mol. The van der Waals surface area contributed by atoms with Crippen LogP contribution in [-0.4, -0.2) is 19.6 Å². The molecular formula is C13H13ClN2O4S2. The Kier molecular flexibility index (Phi) is 4.74. The molecule has 2 aromatic rings. The summed E-state index contributed by atoms with van der Waals surface area (Å²) in [6.45, 7) is 1.81. The van der Waals surface area contributed by atoms with E-state index in [0.29, 0.717) is 5.02 Å². The number of halogens is 1. The van der Waals surface area contributed by atoms with Crippen LogP contribution in [0.25, 0.3) is 0 Å². The summed E-state index contributed by atoms with van der Waals surface area (Å²) >= 11 is 6.77. The number of nitro groups is 1. The van der Waals surface area contributed by atoms with E-state index >= 15 is 0 Å². The van der Waals surface area contributed by atoms with Crippen LogP contribution >= 0.6 is 22.9 Å². The number of hydrogen-bond donors (Lipinski definition) is 1. The molecule has 1 atom stereocenters. The molecule has 0 radical (unpaired) electrons. The fourth-order valence-electron chi connectivity index (χ4n) is 1.84. The minimum atomic E-state index is -3.49. The lowest BCUT2D eigenvalue weighted by molar-refractivity contribution is -0.383. The zero-order chi connectivity index (χ0) is 16.5. The van der Waals surface area contributed by atoms with Crippen LogP contribution in [-0.2, 0) is 9.84 Å². The van der Waals surface area contributed by atoms with Gasteiger partial charge in [0.05, 0.1) is 4.92 Å². The molecule has 2 rings (SSSR count). The van der Waals surface area contributed by atoms with Crippen molar-refractivity contribution in [2.75, 3.05) is 11.6 Å². The molecule has 0 bridgehead atoms. The van der Waals surface area contributed by atoms with E-state index in [-0.39, 0.29) is 20.9 Å². The lowest BCUT2D eigenvalue weighted by atomic mass is 10.1. The van der Waals surface area contributed by atoms with Gasteiger partial charge in [0.15, 0.2) is 14.8 Å². The molecule has 0 saturated carbocycles. The van der Waals surface area contributed by atoms with Crippen LogP contribution in [0.4, 0.5) is 10.7 Å². The third kappa shape index (κ3) is 3.76. The van der Waals surface area contributed by atoms with Crippen molar-refractivity contribution in [3.63, 3.8) is 0 Å². The van der Waals surface area contributed by atoms with Gasteiger partial charge in [-0.25, -0.2) is 8.42 Å². The Labute approximate surface area is 136 Å². The quantitative estimate of drug-likeness (QED) is 0.645. The maximum atomic E-state index is 11.6. The molecule has 0 aliphatic rings. The second-order valence-corrected chi connectivity index (χ2v) is 8.46. The van der Waals surface area contributed by atoms with E-state index in [1.54, 1.807) is 18.2 Å². The maximum Gasteiger partial charge on any atom is 0.304 e. The molecule has 118 valence electrons. The molecule has 0 saturated heterocycles. The van der Waals surface area contributed by atoms with Crippen LogP contribution in [0.2, 0.25) is 5.02 Å². The van der Waals surface area contributed by atoms with E-state index in [1.165, 1.54) is 0 Å². The van der Waals surface area contributed by atoms with Crippen molar-refractivity contribution < 1.29 is 13.3 Å². The smallest absolute Gasteiger partial charge is 0.304 e. The van der Waals surface area contributed by atoms with Gasteiger partial charge in [-0.3, -0.25) is 10.1 Å². The highest BCUT2D eigenvalue weighted by atomic mass is 35.5. The largest absolute Gasteiger partial charge is 0.365 e. The van der Waals surface area contributed by atoms with Crippen molar-refractivity contribution >= 4 is 43.5 Å². The van der Waals surface area contributed by atoms with Crippen LogP contribution < -0.4 is 5.32 Å². The number of rotatable bonds is 5. The Bertz CT molecular complexity index is 817. The van der Waals surface area contributed by atoms with E-state index < -0.39 is 14.8 Å². The number of benzene rings is 1. The Morgan fingerprint density at radius 1 is 1.36 bits per heavy atom. The molecule has 0 amide bonds. The summed E-state index contributed by atoms with van der Waals surface area (Å²) in [7, 11) is -3.49. The van der Waals surface area contributed by atoms with Crippen molar-refractivity contribution in [3.05, 3.63) is 51.0 Å². The van der Waals surface area contributed by atoms with Gasteiger partial charge in [0.1, 0.15) is 4.21 Å². The van der Waals surface area contributed by atoms with Gasteiger partial charge in [0, 0.05) is 23.4 Å². The van der Waals surface area contributed by atoms with Crippen molar-refractivity contribution in [1.29, 1.82) is 0 Å². The summed E-state index contributed by atoms with van der Waals surface area (Å²) in [5.41, 5.74) is 0.593. The van der Waals surface area contributed by atoms with Crippen LogP contribution in [0.15, 0.2) is 34.5 Å². The first-order valence-electron chi connectivity index (χ1n) is 6.19. The van der Waals surface area contributed by atoms with E-state index in [2.05, 4.69) is 5.32 Å². The van der Waals surface area contributed by atoms with E-state index in [9.17, 15) is 18.5 Å². The monoisotopic (exact) mass is 360 g/mol. The second kappa shape index (κ2) is 6.23. The van der Waals surface area contributed by atoms with Crippen LogP contribution in [0.3, 0.4) is 0 Å². The van der Waals surface area contributed by atoms with Crippen molar-refractivity contribution in [1.82, 2.24) is 0 Å². The Hall–Kier alpha value is -1.64. The number of hydrogen-bond acceptors (Lipinski definition) is 6. The fraction of sp³-hybridized carbons (Fsp3) is 0.231. The van der Waals surface area contributed by atoms with Crippen molar-refractivity contribution in [2.45, 2.75) is 17.2 Å². The second-order valence-electron chi connectivity index (χ2n) is 4.73. The summed E-state index contributed by atoms with van der Waals surface area (Å²) in [6, 6.07) is 7.90. The average molecular weight is 361 g/mol. The van der Waals surface area contributed by atoms with Crippen molar-refractivity contribution in [2.24, 2.45) is 0 Å². The third-order valence-electron chi connectivity index (χ3n) is 2.95. The Morgan fingerprint density at radius 2 is 2.05 bits per heavy atom. The zero-order valence-electron chi connectivity index (χ0n) is 11.7. The minimum absolute atomic E-state index is 0.0417. The zero-order valence-corrected chi connectivity index (χ0v) is 14.1. The molecule has 1 aromatic carbocycles. The van der Waals surface area contributed by atoms with E-state index in [1.807, 2.05) is 13.0 Å². The normalized spacial score (nSPS) is 12.9. The van der Waals surface area contributed by atoms with Gasteiger partial charge in [0.25, 0.3) is 0 Å². The molecule has 1 N–H and O–H groups in total. The van der Waals surface area contributed by atoms with Crippen LogP contribution in [0.1, 0.15) is 18.5 Å². The number of nitrogens with one attached hydrogen (secondary N) is 1. The van der Waals surface area contributed by atoms with Gasteiger partial charge < -0.3 is 5.32 Å². The first-order valence-corrected chi connectivity index (χ1v) is 9.27.